The molecule has 1 saturated carbocycles. The second kappa shape index (κ2) is 5.80. The van der Waals surface area contributed by atoms with Crippen molar-refractivity contribution in [3.05, 3.63) is 30.0 Å². The van der Waals surface area contributed by atoms with Crippen LogP contribution in [0.3, 0.4) is 0 Å². The van der Waals surface area contributed by atoms with Gasteiger partial charge in [0.25, 0.3) is 5.91 Å². The third-order valence-corrected chi connectivity index (χ3v) is 4.63. The number of nitrogens with two attached hydrogens (primary N) is 1. The summed E-state index contributed by atoms with van der Waals surface area (Å²) in [7, 11) is 0. The highest BCUT2D eigenvalue weighted by Crippen LogP contribution is 2.25. The van der Waals surface area contributed by atoms with E-state index in [4.69, 9.17) is 5.73 Å². The van der Waals surface area contributed by atoms with Gasteiger partial charge < -0.3 is 16.0 Å². The van der Waals surface area contributed by atoms with Crippen LogP contribution in [0.25, 0.3) is 10.9 Å². The van der Waals surface area contributed by atoms with Gasteiger partial charge in [0, 0.05) is 28.8 Å². The van der Waals surface area contributed by atoms with Crippen molar-refractivity contribution in [2.45, 2.75) is 45.1 Å². The van der Waals surface area contributed by atoms with Crippen LogP contribution < -0.4 is 11.1 Å². The Morgan fingerprint density at radius 2 is 2.10 bits per heavy atom. The first kappa shape index (κ1) is 14.0. The molecule has 112 valence electrons. The van der Waals surface area contributed by atoms with E-state index in [-0.39, 0.29) is 11.9 Å². The number of benzene rings is 1. The SMILES string of the molecule is CC1CCCCCC1NC(=O)c1c[nH]c2ccc(N)cc12. The molecule has 0 spiro atoms. The van der Waals surface area contributed by atoms with Crippen LogP contribution >= 0.6 is 0 Å². The normalized spacial score (nSPS) is 22.9. The number of hydrogen-bond donors (Lipinski definition) is 3. The van der Waals surface area contributed by atoms with Crippen LogP contribution in [0.5, 0.6) is 0 Å². The Labute approximate surface area is 125 Å². The number of anilines is 1. The van der Waals surface area contributed by atoms with E-state index in [1.165, 1.54) is 25.7 Å². The summed E-state index contributed by atoms with van der Waals surface area (Å²) in [5.74, 6) is 0.553. The Morgan fingerprint density at radius 3 is 2.95 bits per heavy atom. The van der Waals surface area contributed by atoms with Crippen LogP contribution in [0.15, 0.2) is 24.4 Å². The summed E-state index contributed by atoms with van der Waals surface area (Å²) in [6.45, 7) is 2.24. The molecule has 1 aromatic carbocycles. The van der Waals surface area contributed by atoms with E-state index in [2.05, 4.69) is 17.2 Å². The van der Waals surface area contributed by atoms with Crippen LogP contribution in [0.4, 0.5) is 5.69 Å². The van der Waals surface area contributed by atoms with Gasteiger partial charge in [-0.25, -0.2) is 0 Å². The third-order valence-electron chi connectivity index (χ3n) is 4.63. The van der Waals surface area contributed by atoms with E-state index in [1.807, 2.05) is 18.2 Å². The minimum Gasteiger partial charge on any atom is -0.399 e. The van der Waals surface area contributed by atoms with E-state index in [1.54, 1.807) is 6.20 Å². The Balaban J connectivity index is 1.81. The molecule has 0 aliphatic heterocycles. The number of rotatable bonds is 2. The lowest BCUT2D eigenvalue weighted by Crippen LogP contribution is -2.38. The molecule has 4 N–H and O–H groups in total. The van der Waals surface area contributed by atoms with Crippen LogP contribution in [-0.2, 0) is 0 Å². The number of hydrogen-bond acceptors (Lipinski definition) is 2. The zero-order valence-corrected chi connectivity index (χ0v) is 12.5. The number of carbonyl (C=O) groups is 1. The molecule has 1 aliphatic carbocycles. The average Bonchev–Trinajstić information content (AvgIpc) is 2.77. The van der Waals surface area contributed by atoms with E-state index in [9.17, 15) is 4.79 Å². The third kappa shape index (κ3) is 2.89. The smallest absolute Gasteiger partial charge is 0.253 e. The fourth-order valence-electron chi connectivity index (χ4n) is 3.28. The Hall–Kier alpha value is -1.97. The summed E-state index contributed by atoms with van der Waals surface area (Å²) in [6.07, 6.45) is 7.82. The number of carbonyl (C=O) groups excluding carboxylic acids is 1. The van der Waals surface area contributed by atoms with Crippen molar-refractivity contribution in [3.8, 4) is 0 Å². The topological polar surface area (TPSA) is 70.9 Å². The van der Waals surface area contributed by atoms with Crippen molar-refractivity contribution >= 4 is 22.5 Å². The Kier molecular flexibility index (Phi) is 3.86. The molecule has 3 rings (SSSR count). The second-order valence-corrected chi connectivity index (χ2v) is 6.20. The van der Waals surface area contributed by atoms with Crippen LogP contribution in [0.1, 0.15) is 49.4 Å². The number of nitrogen functional groups attached to an aromatic ring is 1. The minimum absolute atomic E-state index is 0.00519. The lowest BCUT2D eigenvalue weighted by atomic mass is 9.96. The van der Waals surface area contributed by atoms with Crippen molar-refractivity contribution in [2.24, 2.45) is 5.92 Å². The van der Waals surface area contributed by atoms with Crippen molar-refractivity contribution < 1.29 is 4.79 Å². The van der Waals surface area contributed by atoms with Crippen molar-refractivity contribution in [2.75, 3.05) is 5.73 Å². The molecule has 4 nitrogen and oxygen atoms in total. The summed E-state index contributed by atoms with van der Waals surface area (Å²) in [5.41, 5.74) is 8.15. The summed E-state index contributed by atoms with van der Waals surface area (Å²) in [5, 5.41) is 4.12. The average molecular weight is 285 g/mol. The maximum Gasteiger partial charge on any atom is 0.253 e. The van der Waals surface area contributed by atoms with Gasteiger partial charge in [0.05, 0.1) is 5.56 Å². The maximum absolute atomic E-state index is 12.6. The van der Waals surface area contributed by atoms with Gasteiger partial charge >= 0.3 is 0 Å². The first-order valence-electron chi connectivity index (χ1n) is 7.82. The standard InChI is InChI=1S/C17H23N3O/c1-11-5-3-2-4-6-15(11)20-17(21)14-10-19-16-8-7-12(18)9-13(14)16/h7-11,15,19H,2-6,18H2,1H3,(H,20,21). The van der Waals surface area contributed by atoms with Gasteiger partial charge in [-0.3, -0.25) is 4.79 Å². The molecule has 0 saturated heterocycles. The molecular weight excluding hydrogens is 262 g/mol. The maximum atomic E-state index is 12.6. The highest BCUT2D eigenvalue weighted by Gasteiger charge is 2.23. The van der Waals surface area contributed by atoms with Gasteiger partial charge in [0.15, 0.2) is 0 Å². The zero-order chi connectivity index (χ0) is 14.8. The molecule has 0 radical (unpaired) electrons. The molecule has 1 heterocycles. The van der Waals surface area contributed by atoms with Gasteiger partial charge in [0.1, 0.15) is 0 Å². The first-order chi connectivity index (χ1) is 10.1. The van der Waals surface area contributed by atoms with Crippen LogP contribution in [0.2, 0.25) is 0 Å². The van der Waals surface area contributed by atoms with Crippen molar-refractivity contribution in [1.29, 1.82) is 0 Å². The van der Waals surface area contributed by atoms with Crippen LogP contribution in [-0.4, -0.2) is 16.9 Å². The van der Waals surface area contributed by atoms with Gasteiger partial charge in [-0.15, -0.1) is 0 Å². The molecule has 2 unspecified atom stereocenters. The van der Waals surface area contributed by atoms with Gasteiger partial charge in [-0.05, 0) is 37.0 Å². The van der Waals surface area contributed by atoms with Crippen molar-refractivity contribution in [3.63, 3.8) is 0 Å². The predicted molar refractivity (Wildman–Crippen MR) is 86.2 cm³/mol. The van der Waals surface area contributed by atoms with Crippen molar-refractivity contribution in [1.82, 2.24) is 10.3 Å². The van der Waals surface area contributed by atoms with E-state index in [0.717, 1.165) is 17.3 Å². The number of aromatic amines is 1. The van der Waals surface area contributed by atoms with E-state index < -0.39 is 0 Å². The zero-order valence-electron chi connectivity index (χ0n) is 12.5. The summed E-state index contributed by atoms with van der Waals surface area (Å²) >= 11 is 0. The molecule has 1 aliphatic rings. The summed E-state index contributed by atoms with van der Waals surface area (Å²) < 4.78 is 0. The number of H-pyrrole nitrogens is 1. The highest BCUT2D eigenvalue weighted by atomic mass is 16.1. The Morgan fingerprint density at radius 1 is 1.29 bits per heavy atom. The fourth-order valence-corrected chi connectivity index (χ4v) is 3.28. The molecule has 1 fully saturated rings. The molecule has 2 atom stereocenters. The molecule has 21 heavy (non-hydrogen) atoms. The molecule has 4 heteroatoms. The predicted octanol–water partition coefficient (Wildman–Crippen LogP) is 3.45. The first-order valence-corrected chi connectivity index (χ1v) is 7.82. The minimum atomic E-state index is 0.00519. The number of amides is 1. The van der Waals surface area contributed by atoms with Gasteiger partial charge in [0.2, 0.25) is 0 Å². The van der Waals surface area contributed by atoms with E-state index in [0.29, 0.717) is 17.2 Å². The molecular formula is C17H23N3O. The number of nitrogens with one attached hydrogen (secondary N) is 2. The van der Waals surface area contributed by atoms with Gasteiger partial charge in [-0.2, -0.15) is 0 Å². The van der Waals surface area contributed by atoms with Gasteiger partial charge in [-0.1, -0.05) is 26.2 Å². The lowest BCUT2D eigenvalue weighted by molar-refractivity contribution is 0.0923. The fraction of sp³-hybridized carbons (Fsp3) is 0.471. The monoisotopic (exact) mass is 285 g/mol. The molecule has 0 bridgehead atoms. The largest absolute Gasteiger partial charge is 0.399 e. The Bertz CT molecular complexity index is 647. The second-order valence-electron chi connectivity index (χ2n) is 6.20. The molecule has 1 aromatic heterocycles. The number of fused-ring (bicyclic) bond motifs is 1. The lowest BCUT2D eigenvalue weighted by Gasteiger charge is -2.22. The molecule has 1 amide bonds. The highest BCUT2D eigenvalue weighted by molar-refractivity contribution is 6.07. The van der Waals surface area contributed by atoms with E-state index >= 15 is 0 Å². The quantitative estimate of drug-likeness (QED) is 0.584. The summed E-state index contributed by atoms with van der Waals surface area (Å²) in [4.78, 5) is 15.7. The van der Waals surface area contributed by atoms with Crippen LogP contribution in [0, 0.1) is 5.92 Å². The molecule has 2 aromatic rings. The number of aromatic nitrogens is 1. The summed E-state index contributed by atoms with van der Waals surface area (Å²) in [6, 6.07) is 5.90.